The number of ether oxygens (including phenoxy) is 1. The first-order valence-electron chi connectivity index (χ1n) is 7.67. The van der Waals surface area contributed by atoms with Gasteiger partial charge < -0.3 is 15.4 Å². The quantitative estimate of drug-likeness (QED) is 0.734. The fourth-order valence-electron chi connectivity index (χ4n) is 1.92. The molecule has 0 fully saturated rings. The molecule has 0 saturated heterocycles. The third-order valence-corrected chi connectivity index (χ3v) is 3.18. The Labute approximate surface area is 128 Å². The van der Waals surface area contributed by atoms with Gasteiger partial charge in [0.1, 0.15) is 5.75 Å². The Hall–Kier alpha value is -1.55. The standard InChI is InChI=1S/C17H28N2O2/c1-13(2)12-21-16-7-5-15(6-8-16)9-10-19-17(20)14(3)11-18-4/h5-8,13-14,18H,9-12H2,1-4H3,(H,19,20). The fraction of sp³-hybridized carbons (Fsp3) is 0.588. The van der Waals surface area contributed by atoms with Gasteiger partial charge in [0.15, 0.2) is 0 Å². The third kappa shape index (κ3) is 7.14. The smallest absolute Gasteiger partial charge is 0.224 e. The zero-order chi connectivity index (χ0) is 15.7. The maximum atomic E-state index is 11.8. The first-order chi connectivity index (χ1) is 10.0. The molecule has 21 heavy (non-hydrogen) atoms. The molecule has 4 heteroatoms. The summed E-state index contributed by atoms with van der Waals surface area (Å²) in [6.45, 7) is 8.29. The minimum absolute atomic E-state index is 0.00168. The van der Waals surface area contributed by atoms with Gasteiger partial charge in [-0.1, -0.05) is 32.9 Å². The van der Waals surface area contributed by atoms with Crippen molar-refractivity contribution >= 4 is 5.91 Å². The summed E-state index contributed by atoms with van der Waals surface area (Å²) in [4.78, 5) is 11.8. The monoisotopic (exact) mass is 292 g/mol. The fourth-order valence-corrected chi connectivity index (χ4v) is 1.92. The second-order valence-corrected chi connectivity index (χ2v) is 5.85. The molecule has 0 radical (unpaired) electrons. The van der Waals surface area contributed by atoms with E-state index in [1.165, 1.54) is 5.56 Å². The number of carbonyl (C=O) groups is 1. The summed E-state index contributed by atoms with van der Waals surface area (Å²) in [5.74, 6) is 1.53. The van der Waals surface area contributed by atoms with Crippen LogP contribution in [0.15, 0.2) is 24.3 Å². The molecule has 1 unspecified atom stereocenters. The van der Waals surface area contributed by atoms with Gasteiger partial charge in [-0.3, -0.25) is 4.79 Å². The molecule has 0 aliphatic heterocycles. The first-order valence-corrected chi connectivity index (χ1v) is 7.67. The van der Waals surface area contributed by atoms with E-state index in [9.17, 15) is 4.79 Å². The Kier molecular flexibility index (Phi) is 7.83. The number of rotatable bonds is 9. The van der Waals surface area contributed by atoms with E-state index < -0.39 is 0 Å². The second-order valence-electron chi connectivity index (χ2n) is 5.85. The molecule has 0 saturated carbocycles. The van der Waals surface area contributed by atoms with Crippen molar-refractivity contribution in [1.29, 1.82) is 0 Å². The zero-order valence-electron chi connectivity index (χ0n) is 13.6. The Bertz CT molecular complexity index is 415. The van der Waals surface area contributed by atoms with E-state index in [4.69, 9.17) is 4.74 Å². The maximum absolute atomic E-state index is 11.8. The van der Waals surface area contributed by atoms with E-state index in [2.05, 4.69) is 36.6 Å². The summed E-state index contributed by atoms with van der Waals surface area (Å²) < 4.78 is 5.65. The summed E-state index contributed by atoms with van der Waals surface area (Å²) in [5.41, 5.74) is 1.20. The van der Waals surface area contributed by atoms with Crippen LogP contribution >= 0.6 is 0 Å². The van der Waals surface area contributed by atoms with Crippen molar-refractivity contribution in [2.24, 2.45) is 11.8 Å². The van der Waals surface area contributed by atoms with Crippen LogP contribution in [-0.2, 0) is 11.2 Å². The molecule has 0 aliphatic rings. The van der Waals surface area contributed by atoms with E-state index >= 15 is 0 Å². The molecule has 1 aromatic carbocycles. The molecule has 0 bridgehead atoms. The Morgan fingerprint density at radius 1 is 1.19 bits per heavy atom. The molecule has 1 amide bonds. The molecule has 4 nitrogen and oxygen atoms in total. The lowest BCUT2D eigenvalue weighted by atomic mass is 10.1. The summed E-state index contributed by atoms with van der Waals surface area (Å²) in [6.07, 6.45) is 0.836. The summed E-state index contributed by atoms with van der Waals surface area (Å²) >= 11 is 0. The largest absolute Gasteiger partial charge is 0.493 e. The summed E-state index contributed by atoms with van der Waals surface area (Å²) in [5, 5.41) is 5.97. The third-order valence-electron chi connectivity index (χ3n) is 3.18. The molecule has 0 heterocycles. The number of hydrogen-bond acceptors (Lipinski definition) is 3. The molecule has 0 aliphatic carbocycles. The summed E-state index contributed by atoms with van der Waals surface area (Å²) in [7, 11) is 1.85. The van der Waals surface area contributed by atoms with E-state index in [1.54, 1.807) is 0 Å². The predicted molar refractivity (Wildman–Crippen MR) is 86.6 cm³/mol. The van der Waals surface area contributed by atoms with E-state index in [0.717, 1.165) is 18.8 Å². The van der Waals surface area contributed by atoms with Crippen LogP contribution in [0.25, 0.3) is 0 Å². The average molecular weight is 292 g/mol. The van der Waals surface area contributed by atoms with Crippen molar-refractivity contribution in [3.63, 3.8) is 0 Å². The van der Waals surface area contributed by atoms with Gasteiger partial charge in [0.05, 0.1) is 6.61 Å². The highest BCUT2D eigenvalue weighted by Crippen LogP contribution is 2.13. The van der Waals surface area contributed by atoms with Crippen molar-refractivity contribution in [1.82, 2.24) is 10.6 Å². The minimum atomic E-state index is 0.00168. The SMILES string of the molecule is CNCC(C)C(=O)NCCc1ccc(OCC(C)C)cc1. The highest BCUT2D eigenvalue weighted by atomic mass is 16.5. The van der Waals surface area contributed by atoms with E-state index in [0.29, 0.717) is 19.0 Å². The van der Waals surface area contributed by atoms with E-state index in [1.807, 2.05) is 26.1 Å². The van der Waals surface area contributed by atoms with Crippen molar-refractivity contribution in [3.05, 3.63) is 29.8 Å². The molecule has 1 rings (SSSR count). The lowest BCUT2D eigenvalue weighted by Gasteiger charge is -2.12. The molecular weight excluding hydrogens is 264 g/mol. The number of carbonyl (C=O) groups excluding carboxylic acids is 1. The van der Waals surface area contributed by atoms with Crippen LogP contribution in [0.3, 0.4) is 0 Å². The van der Waals surface area contributed by atoms with Crippen molar-refractivity contribution in [2.75, 3.05) is 26.7 Å². The van der Waals surface area contributed by atoms with Crippen LogP contribution in [0.4, 0.5) is 0 Å². The summed E-state index contributed by atoms with van der Waals surface area (Å²) in [6, 6.07) is 8.09. The minimum Gasteiger partial charge on any atom is -0.493 e. The Morgan fingerprint density at radius 2 is 1.86 bits per heavy atom. The van der Waals surface area contributed by atoms with Crippen molar-refractivity contribution in [2.45, 2.75) is 27.2 Å². The van der Waals surface area contributed by atoms with Gasteiger partial charge in [-0.05, 0) is 37.1 Å². The van der Waals surface area contributed by atoms with Crippen LogP contribution in [0.1, 0.15) is 26.3 Å². The van der Waals surface area contributed by atoms with Crippen molar-refractivity contribution < 1.29 is 9.53 Å². The topological polar surface area (TPSA) is 50.4 Å². The zero-order valence-corrected chi connectivity index (χ0v) is 13.6. The molecular formula is C17H28N2O2. The predicted octanol–water partition coefficient (Wildman–Crippen LogP) is 2.24. The molecule has 0 aromatic heterocycles. The van der Waals surface area contributed by atoms with Gasteiger partial charge in [-0.25, -0.2) is 0 Å². The van der Waals surface area contributed by atoms with Crippen LogP contribution in [0.5, 0.6) is 5.75 Å². The molecule has 1 aromatic rings. The van der Waals surface area contributed by atoms with Crippen LogP contribution < -0.4 is 15.4 Å². The number of nitrogens with one attached hydrogen (secondary N) is 2. The maximum Gasteiger partial charge on any atom is 0.224 e. The van der Waals surface area contributed by atoms with Gasteiger partial charge in [0, 0.05) is 19.0 Å². The molecule has 118 valence electrons. The van der Waals surface area contributed by atoms with Gasteiger partial charge in [-0.2, -0.15) is 0 Å². The van der Waals surface area contributed by atoms with E-state index in [-0.39, 0.29) is 11.8 Å². The van der Waals surface area contributed by atoms with Crippen molar-refractivity contribution in [3.8, 4) is 5.75 Å². The lowest BCUT2D eigenvalue weighted by molar-refractivity contribution is -0.124. The normalized spacial score (nSPS) is 12.2. The molecule has 2 N–H and O–H groups in total. The van der Waals surface area contributed by atoms with Crippen LogP contribution in [-0.4, -0.2) is 32.7 Å². The molecule has 0 spiro atoms. The Balaban J connectivity index is 2.31. The lowest BCUT2D eigenvalue weighted by Crippen LogP contribution is -2.35. The van der Waals surface area contributed by atoms with Crippen LogP contribution in [0, 0.1) is 11.8 Å². The van der Waals surface area contributed by atoms with Gasteiger partial charge >= 0.3 is 0 Å². The average Bonchev–Trinajstić information content (AvgIpc) is 2.46. The number of benzene rings is 1. The first kappa shape index (κ1) is 17.5. The molecule has 1 atom stereocenters. The van der Waals surface area contributed by atoms with Gasteiger partial charge in [-0.15, -0.1) is 0 Å². The number of hydrogen-bond donors (Lipinski definition) is 2. The van der Waals surface area contributed by atoms with Gasteiger partial charge in [0.25, 0.3) is 0 Å². The Morgan fingerprint density at radius 3 is 2.43 bits per heavy atom. The number of amides is 1. The second kappa shape index (κ2) is 9.40. The highest BCUT2D eigenvalue weighted by molar-refractivity contribution is 5.78. The van der Waals surface area contributed by atoms with Gasteiger partial charge in [0.2, 0.25) is 5.91 Å². The van der Waals surface area contributed by atoms with Crippen LogP contribution in [0.2, 0.25) is 0 Å². The highest BCUT2D eigenvalue weighted by Gasteiger charge is 2.10.